The molecule has 132 valence electrons. The van der Waals surface area contributed by atoms with Crippen molar-refractivity contribution in [3.05, 3.63) is 17.5 Å². The molecule has 0 unspecified atom stereocenters. The fourth-order valence-corrected chi connectivity index (χ4v) is 5.98. The van der Waals surface area contributed by atoms with Gasteiger partial charge >= 0.3 is 0 Å². The van der Waals surface area contributed by atoms with Crippen LogP contribution in [0.3, 0.4) is 0 Å². The molecule has 24 heavy (non-hydrogen) atoms. The third-order valence-corrected chi connectivity index (χ3v) is 6.85. The van der Waals surface area contributed by atoms with Gasteiger partial charge in [-0.25, -0.2) is 0 Å². The second-order valence-electron chi connectivity index (χ2n) is 8.76. The number of hydrogen-bond acceptors (Lipinski definition) is 2. The molecule has 1 aromatic rings. The van der Waals surface area contributed by atoms with Crippen molar-refractivity contribution in [2.45, 2.75) is 71.4 Å². The molecule has 4 bridgehead atoms. The summed E-state index contributed by atoms with van der Waals surface area (Å²) in [6, 6.07) is 2.47. The van der Waals surface area contributed by atoms with Gasteiger partial charge in [0.05, 0.1) is 5.69 Å². The van der Waals surface area contributed by atoms with Crippen LogP contribution in [-0.2, 0) is 6.54 Å². The molecule has 4 nitrogen and oxygen atoms in total. The number of hydrogen-bond donors (Lipinski definition) is 0. The van der Waals surface area contributed by atoms with E-state index in [-0.39, 0.29) is 5.91 Å². The lowest BCUT2D eigenvalue weighted by Gasteiger charge is -2.56. The molecule has 0 spiro atoms. The molecule has 1 heterocycles. The van der Waals surface area contributed by atoms with Gasteiger partial charge in [-0.1, -0.05) is 13.8 Å². The van der Waals surface area contributed by atoms with Gasteiger partial charge in [-0.05, 0) is 74.7 Å². The third-order valence-electron chi connectivity index (χ3n) is 6.85. The third kappa shape index (κ3) is 2.49. The van der Waals surface area contributed by atoms with Crippen LogP contribution < -0.4 is 0 Å². The number of rotatable bonds is 4. The Balaban J connectivity index is 1.58. The second-order valence-corrected chi connectivity index (χ2v) is 8.76. The van der Waals surface area contributed by atoms with Crippen LogP contribution in [0.5, 0.6) is 0 Å². The average Bonchev–Trinajstić information content (AvgIpc) is 2.97. The molecule has 1 amide bonds. The Morgan fingerprint density at radius 3 is 2.29 bits per heavy atom. The zero-order valence-corrected chi connectivity index (χ0v) is 15.5. The summed E-state index contributed by atoms with van der Waals surface area (Å²) in [5, 5.41) is 4.64. The van der Waals surface area contributed by atoms with Gasteiger partial charge in [-0.15, -0.1) is 0 Å². The fourth-order valence-electron chi connectivity index (χ4n) is 5.98. The van der Waals surface area contributed by atoms with E-state index in [1.807, 2.05) is 17.8 Å². The van der Waals surface area contributed by atoms with Crippen LogP contribution in [0.25, 0.3) is 0 Å². The van der Waals surface area contributed by atoms with Gasteiger partial charge in [0.15, 0.2) is 0 Å². The van der Waals surface area contributed by atoms with Crippen LogP contribution in [0, 0.1) is 23.7 Å². The van der Waals surface area contributed by atoms with Crippen LogP contribution >= 0.6 is 0 Å². The Morgan fingerprint density at radius 1 is 1.21 bits per heavy atom. The van der Waals surface area contributed by atoms with Gasteiger partial charge in [-0.2, -0.15) is 5.10 Å². The van der Waals surface area contributed by atoms with Gasteiger partial charge in [0.25, 0.3) is 5.91 Å². The molecule has 0 aliphatic heterocycles. The van der Waals surface area contributed by atoms with E-state index in [0.717, 1.165) is 41.6 Å². The molecule has 4 aliphatic rings. The molecule has 4 fully saturated rings. The van der Waals surface area contributed by atoms with E-state index in [9.17, 15) is 4.79 Å². The minimum atomic E-state index is 0.175. The molecular weight excluding hydrogens is 298 g/mol. The molecule has 1 aromatic heterocycles. The van der Waals surface area contributed by atoms with E-state index in [1.54, 1.807) is 0 Å². The summed E-state index contributed by atoms with van der Waals surface area (Å²) in [6.07, 6.45) is 6.84. The Morgan fingerprint density at radius 2 is 1.79 bits per heavy atom. The molecule has 0 N–H and O–H groups in total. The molecular formula is C20H31N3O. The first-order chi connectivity index (χ1) is 11.5. The quantitative estimate of drug-likeness (QED) is 0.839. The van der Waals surface area contributed by atoms with Gasteiger partial charge in [0, 0.05) is 19.6 Å². The monoisotopic (exact) mass is 329 g/mol. The Kier molecular flexibility index (Phi) is 3.97. The number of nitrogens with zero attached hydrogens (tertiary/aromatic N) is 3. The van der Waals surface area contributed by atoms with E-state index in [4.69, 9.17) is 0 Å². The van der Waals surface area contributed by atoms with Crippen LogP contribution in [0.2, 0.25) is 0 Å². The molecule has 4 aliphatic carbocycles. The average molecular weight is 329 g/mol. The van der Waals surface area contributed by atoms with Crippen molar-refractivity contribution < 1.29 is 4.79 Å². The first-order valence-electron chi connectivity index (χ1n) is 9.82. The van der Waals surface area contributed by atoms with E-state index in [0.29, 0.717) is 12.0 Å². The van der Waals surface area contributed by atoms with Gasteiger partial charge in [0.2, 0.25) is 0 Å². The summed E-state index contributed by atoms with van der Waals surface area (Å²) in [6.45, 7) is 7.09. The maximum atomic E-state index is 13.2. The van der Waals surface area contributed by atoms with E-state index in [2.05, 4.69) is 30.8 Å². The van der Waals surface area contributed by atoms with Gasteiger partial charge in [-0.3, -0.25) is 9.48 Å². The van der Waals surface area contributed by atoms with Crippen molar-refractivity contribution in [2.24, 2.45) is 23.7 Å². The van der Waals surface area contributed by atoms with Crippen LogP contribution in [0.4, 0.5) is 0 Å². The Labute approximate surface area is 145 Å². The highest BCUT2D eigenvalue weighted by molar-refractivity contribution is 5.92. The smallest absolute Gasteiger partial charge is 0.272 e. The summed E-state index contributed by atoms with van der Waals surface area (Å²) in [7, 11) is 2.04. The van der Waals surface area contributed by atoms with Crippen LogP contribution in [-0.4, -0.2) is 33.7 Å². The lowest BCUT2D eigenvalue weighted by atomic mass is 9.54. The minimum Gasteiger partial charge on any atom is -0.337 e. The van der Waals surface area contributed by atoms with Crippen molar-refractivity contribution >= 4 is 5.91 Å². The van der Waals surface area contributed by atoms with Crippen molar-refractivity contribution in [3.8, 4) is 0 Å². The highest BCUT2D eigenvalue weighted by atomic mass is 16.2. The number of aromatic nitrogens is 2. The molecule has 0 aromatic carbocycles. The number of amides is 1. The highest BCUT2D eigenvalue weighted by Gasteiger charge is 2.50. The largest absolute Gasteiger partial charge is 0.337 e. The predicted octanol–water partition coefficient (Wildman–Crippen LogP) is 3.92. The number of aryl methyl sites for hydroxylation is 1. The summed E-state index contributed by atoms with van der Waals surface area (Å²) in [5.41, 5.74) is 1.80. The second kappa shape index (κ2) is 5.89. The first kappa shape index (κ1) is 16.2. The first-order valence-corrected chi connectivity index (χ1v) is 9.82. The van der Waals surface area contributed by atoms with Gasteiger partial charge in [0.1, 0.15) is 5.69 Å². The van der Waals surface area contributed by atoms with E-state index < -0.39 is 0 Å². The SMILES string of the molecule is CCn1nc(C(C)C)cc1C(=O)N(C)C1C2CC3CC(C2)CC1C3. The fraction of sp³-hybridized carbons (Fsp3) is 0.800. The van der Waals surface area contributed by atoms with Crippen molar-refractivity contribution in [1.29, 1.82) is 0 Å². The lowest BCUT2D eigenvalue weighted by Crippen LogP contribution is -2.56. The van der Waals surface area contributed by atoms with E-state index in [1.165, 1.54) is 32.1 Å². The summed E-state index contributed by atoms with van der Waals surface area (Å²) in [5.74, 6) is 3.89. The molecule has 5 rings (SSSR count). The molecule has 0 atom stereocenters. The Bertz CT molecular complexity index is 605. The van der Waals surface area contributed by atoms with Crippen molar-refractivity contribution in [2.75, 3.05) is 7.05 Å². The Hall–Kier alpha value is -1.32. The summed E-state index contributed by atoms with van der Waals surface area (Å²) >= 11 is 0. The molecule has 4 saturated carbocycles. The van der Waals surface area contributed by atoms with Gasteiger partial charge < -0.3 is 4.90 Å². The zero-order valence-electron chi connectivity index (χ0n) is 15.5. The molecule has 0 radical (unpaired) electrons. The topological polar surface area (TPSA) is 38.1 Å². The maximum Gasteiger partial charge on any atom is 0.272 e. The summed E-state index contributed by atoms with van der Waals surface area (Å²) in [4.78, 5) is 15.3. The number of carbonyl (C=O) groups is 1. The molecule has 4 heteroatoms. The van der Waals surface area contributed by atoms with Crippen molar-refractivity contribution in [3.63, 3.8) is 0 Å². The number of carbonyl (C=O) groups excluding carboxylic acids is 1. The zero-order chi connectivity index (χ0) is 17.0. The van der Waals surface area contributed by atoms with E-state index >= 15 is 0 Å². The molecule has 0 saturated heterocycles. The predicted molar refractivity (Wildman–Crippen MR) is 94.9 cm³/mol. The van der Waals surface area contributed by atoms with Crippen molar-refractivity contribution in [1.82, 2.24) is 14.7 Å². The highest BCUT2D eigenvalue weighted by Crippen LogP contribution is 2.55. The standard InChI is InChI=1S/C20H31N3O/c1-5-23-18(11-17(21-23)12(2)3)20(24)22(4)19-15-7-13-6-14(9-15)10-16(19)8-13/h11-16,19H,5-10H2,1-4H3. The van der Waals surface area contributed by atoms with Crippen LogP contribution in [0.15, 0.2) is 6.07 Å². The van der Waals surface area contributed by atoms with Crippen LogP contribution in [0.1, 0.15) is 75.0 Å². The minimum absolute atomic E-state index is 0.175. The normalized spacial score (nSPS) is 34.1. The summed E-state index contributed by atoms with van der Waals surface area (Å²) < 4.78 is 1.89. The maximum absolute atomic E-state index is 13.2. The lowest BCUT2D eigenvalue weighted by molar-refractivity contribution is -0.0493.